The molecule has 0 heterocycles. The van der Waals surface area contributed by atoms with Crippen LogP contribution in [0.1, 0.15) is 54.4 Å². The van der Waals surface area contributed by atoms with Crippen LogP contribution in [0.4, 0.5) is 0 Å². The molecule has 0 bridgehead atoms. The molecule has 2 amide bonds. The highest BCUT2D eigenvalue weighted by molar-refractivity contribution is 5.93. The molecule has 1 aliphatic carbocycles. The van der Waals surface area contributed by atoms with Crippen molar-refractivity contribution < 1.29 is 14.3 Å². The van der Waals surface area contributed by atoms with Crippen molar-refractivity contribution in [2.75, 3.05) is 7.11 Å². The number of nitrogens with one attached hydrogen (secondary N) is 1. The number of rotatable bonds is 12. The Bertz CT molecular complexity index is 1390. The minimum Gasteiger partial charge on any atom is -0.497 e. The highest BCUT2D eigenvalue weighted by Crippen LogP contribution is 2.31. The number of ether oxygens (including phenoxy) is 1. The van der Waals surface area contributed by atoms with E-state index in [9.17, 15) is 9.59 Å². The second-order valence-electron chi connectivity index (χ2n) is 11.7. The molecule has 4 aromatic carbocycles. The molecule has 0 saturated heterocycles. The lowest BCUT2D eigenvalue weighted by Crippen LogP contribution is -2.64. The molecule has 43 heavy (non-hydrogen) atoms. The first-order valence-electron chi connectivity index (χ1n) is 15.4. The summed E-state index contributed by atoms with van der Waals surface area (Å²) in [5.41, 5.74) is 2.74. The van der Waals surface area contributed by atoms with Gasteiger partial charge in [0.2, 0.25) is 11.8 Å². The third kappa shape index (κ3) is 7.92. The van der Waals surface area contributed by atoms with Gasteiger partial charge >= 0.3 is 0 Å². The molecule has 1 aliphatic rings. The predicted molar refractivity (Wildman–Crippen MR) is 172 cm³/mol. The summed E-state index contributed by atoms with van der Waals surface area (Å²) in [5, 5.41) is 3.45. The van der Waals surface area contributed by atoms with Gasteiger partial charge in [0, 0.05) is 25.4 Å². The van der Waals surface area contributed by atoms with Crippen LogP contribution in [0.3, 0.4) is 0 Å². The first-order chi connectivity index (χ1) is 21.1. The summed E-state index contributed by atoms with van der Waals surface area (Å²) in [4.78, 5) is 31.4. The van der Waals surface area contributed by atoms with Crippen molar-refractivity contribution in [3.8, 4) is 5.75 Å². The molecular formula is C38H42N2O3. The molecule has 5 heteroatoms. The molecule has 1 N–H and O–H groups in total. The molecule has 1 saturated carbocycles. The van der Waals surface area contributed by atoms with Crippen molar-refractivity contribution in [2.24, 2.45) is 0 Å². The molecule has 222 valence electrons. The molecule has 0 spiro atoms. The Morgan fingerprint density at radius 3 is 1.72 bits per heavy atom. The Labute approximate surface area is 255 Å². The van der Waals surface area contributed by atoms with E-state index in [1.54, 1.807) is 7.11 Å². The SMILES string of the molecule is COc1ccc(CN(C(=O)Cc2ccccc2)C(Cc2ccccc2)(Cc2ccccc2)C(=O)NC2CCCCC2)cc1. The van der Waals surface area contributed by atoms with Crippen molar-refractivity contribution in [1.82, 2.24) is 10.2 Å². The molecular weight excluding hydrogens is 532 g/mol. The fraction of sp³-hybridized carbons (Fsp3) is 0.316. The summed E-state index contributed by atoms with van der Waals surface area (Å²) in [6.45, 7) is 0.299. The summed E-state index contributed by atoms with van der Waals surface area (Å²) < 4.78 is 5.40. The van der Waals surface area contributed by atoms with Gasteiger partial charge in [0.15, 0.2) is 0 Å². The fourth-order valence-corrected chi connectivity index (χ4v) is 6.23. The summed E-state index contributed by atoms with van der Waals surface area (Å²) in [5.74, 6) is 0.593. The molecule has 0 aliphatic heterocycles. The number of benzene rings is 4. The number of nitrogens with zero attached hydrogens (tertiary/aromatic N) is 1. The highest BCUT2D eigenvalue weighted by Gasteiger charge is 2.47. The molecule has 4 aromatic rings. The van der Waals surface area contributed by atoms with Crippen LogP contribution >= 0.6 is 0 Å². The van der Waals surface area contributed by atoms with Crippen LogP contribution in [0.15, 0.2) is 115 Å². The quantitative estimate of drug-likeness (QED) is 0.199. The van der Waals surface area contributed by atoms with Crippen LogP contribution in [0.25, 0.3) is 0 Å². The minimum atomic E-state index is -1.16. The summed E-state index contributed by atoms with van der Waals surface area (Å²) in [7, 11) is 1.64. The van der Waals surface area contributed by atoms with E-state index in [4.69, 9.17) is 4.74 Å². The van der Waals surface area contributed by atoms with Gasteiger partial charge in [-0.2, -0.15) is 0 Å². The molecule has 0 atom stereocenters. The van der Waals surface area contributed by atoms with Crippen LogP contribution in [0.5, 0.6) is 5.75 Å². The normalized spacial score (nSPS) is 13.7. The monoisotopic (exact) mass is 574 g/mol. The minimum absolute atomic E-state index is 0.0762. The van der Waals surface area contributed by atoms with Crippen molar-refractivity contribution in [2.45, 2.75) is 69.5 Å². The topological polar surface area (TPSA) is 58.6 Å². The third-order valence-corrected chi connectivity index (χ3v) is 8.56. The van der Waals surface area contributed by atoms with Gasteiger partial charge in [0.25, 0.3) is 0 Å². The van der Waals surface area contributed by atoms with Crippen molar-refractivity contribution >= 4 is 11.8 Å². The second kappa shape index (κ2) is 14.7. The molecule has 0 radical (unpaired) electrons. The maximum Gasteiger partial charge on any atom is 0.246 e. The number of methoxy groups -OCH3 is 1. The largest absolute Gasteiger partial charge is 0.497 e. The van der Waals surface area contributed by atoms with E-state index in [1.807, 2.05) is 95.9 Å². The first-order valence-corrected chi connectivity index (χ1v) is 15.4. The molecule has 0 aromatic heterocycles. The van der Waals surface area contributed by atoms with Gasteiger partial charge in [0.05, 0.1) is 13.5 Å². The Kier molecular flexibility index (Phi) is 10.3. The van der Waals surface area contributed by atoms with Crippen LogP contribution in [0, 0.1) is 0 Å². The first kappa shape index (κ1) is 30.1. The number of carbonyl (C=O) groups excluding carboxylic acids is 2. The molecule has 5 rings (SSSR count). The molecule has 0 unspecified atom stereocenters. The van der Waals surface area contributed by atoms with E-state index >= 15 is 0 Å². The average Bonchev–Trinajstić information content (AvgIpc) is 3.05. The van der Waals surface area contributed by atoms with Gasteiger partial charge in [-0.15, -0.1) is 0 Å². The lowest BCUT2D eigenvalue weighted by molar-refractivity contribution is -0.149. The van der Waals surface area contributed by atoms with E-state index in [1.165, 1.54) is 6.42 Å². The average molecular weight is 575 g/mol. The maximum atomic E-state index is 14.9. The highest BCUT2D eigenvalue weighted by atomic mass is 16.5. The zero-order valence-corrected chi connectivity index (χ0v) is 25.1. The molecule has 5 nitrogen and oxygen atoms in total. The van der Waals surface area contributed by atoms with E-state index in [-0.39, 0.29) is 24.3 Å². The summed E-state index contributed by atoms with van der Waals surface area (Å²) in [6.07, 6.45) is 6.36. The number of hydrogen-bond donors (Lipinski definition) is 1. The zero-order valence-electron chi connectivity index (χ0n) is 25.1. The van der Waals surface area contributed by atoms with Crippen molar-refractivity contribution in [3.63, 3.8) is 0 Å². The van der Waals surface area contributed by atoms with E-state index in [0.717, 1.165) is 53.7 Å². The lowest BCUT2D eigenvalue weighted by atomic mass is 9.80. The Balaban J connectivity index is 1.64. The Hall–Kier alpha value is -4.38. The van der Waals surface area contributed by atoms with Crippen molar-refractivity contribution in [3.05, 3.63) is 138 Å². The van der Waals surface area contributed by atoms with Crippen LogP contribution < -0.4 is 10.1 Å². The Morgan fingerprint density at radius 2 is 1.21 bits per heavy atom. The van der Waals surface area contributed by atoms with Crippen LogP contribution in [0.2, 0.25) is 0 Å². The summed E-state index contributed by atoms with van der Waals surface area (Å²) in [6, 6.07) is 37.9. The lowest BCUT2D eigenvalue weighted by Gasteiger charge is -2.44. The number of amides is 2. The van der Waals surface area contributed by atoms with Crippen molar-refractivity contribution in [1.29, 1.82) is 0 Å². The number of carbonyl (C=O) groups is 2. The van der Waals surface area contributed by atoms with Gasteiger partial charge in [-0.05, 0) is 47.2 Å². The van der Waals surface area contributed by atoms with E-state index in [0.29, 0.717) is 19.4 Å². The van der Waals surface area contributed by atoms with Gasteiger partial charge in [-0.25, -0.2) is 0 Å². The Morgan fingerprint density at radius 1 is 0.698 bits per heavy atom. The maximum absolute atomic E-state index is 14.9. The molecule has 1 fully saturated rings. The van der Waals surface area contributed by atoms with Gasteiger partial charge in [-0.1, -0.05) is 122 Å². The zero-order chi connectivity index (χ0) is 29.9. The second-order valence-corrected chi connectivity index (χ2v) is 11.7. The van der Waals surface area contributed by atoms with Gasteiger partial charge in [0.1, 0.15) is 11.3 Å². The van der Waals surface area contributed by atoms with E-state index in [2.05, 4.69) is 29.6 Å². The van der Waals surface area contributed by atoms with Gasteiger partial charge in [-0.3, -0.25) is 9.59 Å². The standard InChI is InChI=1S/C38H42N2O3/c1-43-35-24-22-33(23-25-35)29-40(36(41)26-30-14-6-2-7-15-30)38(27-31-16-8-3-9-17-31,28-32-18-10-4-11-19-32)37(42)39-34-20-12-5-13-21-34/h2-4,6-11,14-19,22-25,34H,5,12-13,20-21,26-29H2,1H3,(H,39,42). The summed E-state index contributed by atoms with van der Waals surface area (Å²) >= 11 is 0. The smallest absolute Gasteiger partial charge is 0.246 e. The number of hydrogen-bond acceptors (Lipinski definition) is 3. The third-order valence-electron chi connectivity index (χ3n) is 8.56. The fourth-order valence-electron chi connectivity index (χ4n) is 6.23. The van der Waals surface area contributed by atoms with E-state index < -0.39 is 5.54 Å². The van der Waals surface area contributed by atoms with Crippen LogP contribution in [-0.4, -0.2) is 35.4 Å². The van der Waals surface area contributed by atoms with Crippen LogP contribution in [-0.2, 0) is 35.4 Å². The predicted octanol–water partition coefficient (Wildman–Crippen LogP) is 6.94. The van der Waals surface area contributed by atoms with Gasteiger partial charge < -0.3 is 15.0 Å².